The Hall–Kier alpha value is -0.460. The van der Waals surface area contributed by atoms with Gasteiger partial charge in [0.25, 0.3) is 0 Å². The molecule has 6 heteroatoms. The van der Waals surface area contributed by atoms with E-state index in [4.69, 9.17) is 4.55 Å². The third-order valence-corrected chi connectivity index (χ3v) is 0.882. The summed E-state index contributed by atoms with van der Waals surface area (Å²) in [6, 6.07) is 0. The molecule has 9 heavy (non-hydrogen) atoms. The van der Waals surface area contributed by atoms with Crippen LogP contribution in [-0.2, 0) is 20.3 Å². The third kappa shape index (κ3) is 7.54. The number of carbonyl (C=O) groups is 1. The predicted octanol–water partition coefficient (Wildman–Crippen LogP) is -1.11. The maximum absolute atomic E-state index is 9.74. The molecule has 0 aliphatic rings. The van der Waals surface area contributed by atoms with Crippen LogP contribution < -0.4 is 5.32 Å². The Morgan fingerprint density at radius 3 is 2.89 bits per heavy atom. The highest BCUT2D eigenvalue weighted by Crippen LogP contribution is 1.74. The summed E-state index contributed by atoms with van der Waals surface area (Å²) in [5.41, 5.74) is 0. The van der Waals surface area contributed by atoms with E-state index in [1.165, 1.54) is 0 Å². The fourth-order valence-corrected chi connectivity index (χ4v) is 0.457. The molecule has 0 aliphatic carbocycles. The minimum atomic E-state index is -2.22. The zero-order valence-corrected chi connectivity index (χ0v) is 5.39. The zero-order valence-electron chi connectivity index (χ0n) is 4.57. The molecule has 0 aromatic rings. The second kappa shape index (κ2) is 5.67. The van der Waals surface area contributed by atoms with Gasteiger partial charge in [-0.2, -0.15) is 4.21 Å². The van der Waals surface area contributed by atoms with E-state index in [9.17, 15) is 9.00 Å². The van der Waals surface area contributed by atoms with Crippen LogP contribution in [0.25, 0.3) is 0 Å². The number of amides is 1. The van der Waals surface area contributed by atoms with Crippen LogP contribution in [0.1, 0.15) is 0 Å². The van der Waals surface area contributed by atoms with Gasteiger partial charge in [-0.3, -0.25) is 13.5 Å². The molecule has 0 rings (SSSR count). The second-order valence-corrected chi connectivity index (χ2v) is 1.78. The van der Waals surface area contributed by atoms with E-state index in [1.807, 2.05) is 0 Å². The first-order valence-corrected chi connectivity index (χ1v) is 3.21. The summed E-state index contributed by atoms with van der Waals surface area (Å²) in [5, 5.41) is 2.25. The van der Waals surface area contributed by atoms with Gasteiger partial charge in [-0.15, -0.1) is 0 Å². The van der Waals surface area contributed by atoms with E-state index in [1.54, 1.807) is 0 Å². The summed E-state index contributed by atoms with van der Waals surface area (Å²) >= 11 is -2.22. The van der Waals surface area contributed by atoms with Gasteiger partial charge >= 0.3 is 11.4 Å². The molecule has 0 saturated heterocycles. The van der Waals surface area contributed by atoms with Crippen molar-refractivity contribution in [2.24, 2.45) is 0 Å². The molecule has 0 heterocycles. The molecule has 0 radical (unpaired) electrons. The van der Waals surface area contributed by atoms with E-state index in [0.717, 1.165) is 0 Å². The van der Waals surface area contributed by atoms with Crippen molar-refractivity contribution < 1.29 is 17.7 Å². The molecule has 0 saturated carbocycles. The van der Waals surface area contributed by atoms with Crippen LogP contribution in [0, 0.1) is 0 Å². The summed E-state index contributed by atoms with van der Waals surface area (Å²) in [5.74, 6) is 0. The van der Waals surface area contributed by atoms with Crippen LogP contribution in [0.15, 0.2) is 0 Å². The normalized spacial score (nSPS) is 12.6. The molecule has 1 unspecified atom stereocenters. The van der Waals surface area contributed by atoms with Gasteiger partial charge in [0.1, 0.15) is 0 Å². The lowest BCUT2D eigenvalue weighted by Gasteiger charge is -1.94. The van der Waals surface area contributed by atoms with Gasteiger partial charge < -0.3 is 5.32 Å². The highest BCUT2D eigenvalue weighted by Gasteiger charge is 1.89. The van der Waals surface area contributed by atoms with Gasteiger partial charge in [0, 0.05) is 6.54 Å². The Balaban J connectivity index is 2.91. The van der Waals surface area contributed by atoms with Crippen molar-refractivity contribution >= 4 is 17.8 Å². The molecule has 0 bridgehead atoms. The SMILES string of the molecule is O=CNCCOS(=O)O. The van der Waals surface area contributed by atoms with Crippen molar-refractivity contribution in [3.05, 3.63) is 0 Å². The predicted molar refractivity (Wildman–Crippen MR) is 30.8 cm³/mol. The van der Waals surface area contributed by atoms with E-state index < -0.39 is 11.4 Å². The molecular weight excluding hydrogens is 146 g/mol. The number of carbonyl (C=O) groups excluding carboxylic acids is 1. The molecule has 1 atom stereocenters. The van der Waals surface area contributed by atoms with Crippen LogP contribution in [-0.4, -0.2) is 28.3 Å². The summed E-state index contributed by atoms with van der Waals surface area (Å²) in [7, 11) is 0. The van der Waals surface area contributed by atoms with Crippen LogP contribution in [0.5, 0.6) is 0 Å². The van der Waals surface area contributed by atoms with Crippen molar-refractivity contribution in [3.8, 4) is 0 Å². The van der Waals surface area contributed by atoms with Crippen molar-refractivity contribution in [2.45, 2.75) is 0 Å². The summed E-state index contributed by atoms with van der Waals surface area (Å²) in [6.45, 7) is 0.289. The molecule has 54 valence electrons. The van der Waals surface area contributed by atoms with Gasteiger partial charge in [0.05, 0.1) is 6.61 Å². The highest BCUT2D eigenvalue weighted by atomic mass is 32.2. The first-order chi connectivity index (χ1) is 4.27. The number of hydrogen-bond donors (Lipinski definition) is 2. The minimum absolute atomic E-state index is 0.0435. The molecule has 0 aromatic carbocycles. The van der Waals surface area contributed by atoms with Crippen molar-refractivity contribution in [3.63, 3.8) is 0 Å². The lowest BCUT2D eigenvalue weighted by Crippen LogP contribution is -2.17. The van der Waals surface area contributed by atoms with Crippen LogP contribution in [0.3, 0.4) is 0 Å². The first kappa shape index (κ1) is 8.54. The lowest BCUT2D eigenvalue weighted by molar-refractivity contribution is -0.109. The van der Waals surface area contributed by atoms with E-state index in [-0.39, 0.29) is 13.2 Å². The zero-order chi connectivity index (χ0) is 7.11. The fraction of sp³-hybridized carbons (Fsp3) is 0.667. The van der Waals surface area contributed by atoms with Crippen molar-refractivity contribution in [1.82, 2.24) is 5.32 Å². The van der Waals surface area contributed by atoms with E-state index in [0.29, 0.717) is 6.41 Å². The number of hydrogen-bond acceptors (Lipinski definition) is 3. The van der Waals surface area contributed by atoms with Crippen LogP contribution in [0.2, 0.25) is 0 Å². The smallest absolute Gasteiger partial charge is 0.301 e. The minimum Gasteiger partial charge on any atom is -0.356 e. The summed E-state index contributed by atoms with van der Waals surface area (Å²) in [6.07, 6.45) is 0.490. The monoisotopic (exact) mass is 153 g/mol. The second-order valence-electron chi connectivity index (χ2n) is 1.11. The molecule has 1 amide bonds. The highest BCUT2D eigenvalue weighted by molar-refractivity contribution is 7.74. The van der Waals surface area contributed by atoms with E-state index in [2.05, 4.69) is 9.50 Å². The molecule has 0 aliphatic heterocycles. The van der Waals surface area contributed by atoms with Crippen LogP contribution >= 0.6 is 0 Å². The standard InChI is InChI=1S/C3H7NO4S/c5-3-4-1-2-8-9(6)7/h3H,1-2H2,(H,4,5)(H,6,7). The van der Waals surface area contributed by atoms with Gasteiger partial charge in [0.2, 0.25) is 6.41 Å². The molecule has 0 spiro atoms. The van der Waals surface area contributed by atoms with Gasteiger partial charge in [-0.25, -0.2) is 0 Å². The Labute approximate surface area is 54.9 Å². The largest absolute Gasteiger partial charge is 0.356 e. The van der Waals surface area contributed by atoms with Gasteiger partial charge in [-0.05, 0) is 0 Å². The molecule has 0 aromatic heterocycles. The molecular formula is C3H7NO4S. The summed E-state index contributed by atoms with van der Waals surface area (Å²) in [4.78, 5) is 9.54. The third-order valence-electron chi connectivity index (χ3n) is 0.514. The van der Waals surface area contributed by atoms with Crippen molar-refractivity contribution in [2.75, 3.05) is 13.2 Å². The topological polar surface area (TPSA) is 75.6 Å². The summed E-state index contributed by atoms with van der Waals surface area (Å²) < 4.78 is 21.9. The number of rotatable bonds is 5. The van der Waals surface area contributed by atoms with Gasteiger partial charge in [-0.1, -0.05) is 0 Å². The number of nitrogens with one attached hydrogen (secondary N) is 1. The average molecular weight is 153 g/mol. The Bertz CT molecular complexity index is 106. The Kier molecular flexibility index (Phi) is 5.38. The maximum Gasteiger partial charge on any atom is 0.301 e. The average Bonchev–Trinajstić information content (AvgIpc) is 1.80. The lowest BCUT2D eigenvalue weighted by atomic mass is 10.7. The Morgan fingerprint density at radius 2 is 2.44 bits per heavy atom. The quantitative estimate of drug-likeness (QED) is 0.298. The fourth-order valence-electron chi connectivity index (χ4n) is 0.231. The van der Waals surface area contributed by atoms with E-state index >= 15 is 0 Å². The molecule has 0 fully saturated rings. The maximum atomic E-state index is 9.74. The Morgan fingerprint density at radius 1 is 1.78 bits per heavy atom. The molecule has 5 nitrogen and oxygen atoms in total. The van der Waals surface area contributed by atoms with Crippen LogP contribution in [0.4, 0.5) is 0 Å². The molecule has 2 N–H and O–H groups in total. The van der Waals surface area contributed by atoms with Gasteiger partial charge in [0.15, 0.2) is 0 Å². The first-order valence-electron chi connectivity index (χ1n) is 2.18. The van der Waals surface area contributed by atoms with Crippen molar-refractivity contribution in [1.29, 1.82) is 0 Å².